The van der Waals surface area contributed by atoms with Crippen molar-refractivity contribution < 1.29 is 4.79 Å². The number of hydrogen-bond donors (Lipinski definition) is 1. The molecule has 0 aliphatic carbocycles. The molecule has 0 radical (unpaired) electrons. The second-order valence-electron chi connectivity index (χ2n) is 4.38. The van der Waals surface area contributed by atoms with Crippen LogP contribution in [0.2, 0.25) is 0 Å². The number of nitrogens with zero attached hydrogens (tertiary/aromatic N) is 1. The zero-order valence-electron chi connectivity index (χ0n) is 9.21. The van der Waals surface area contributed by atoms with Crippen LogP contribution < -0.4 is 5.32 Å². The highest BCUT2D eigenvalue weighted by Crippen LogP contribution is 2.23. The summed E-state index contributed by atoms with van der Waals surface area (Å²) in [5.74, 6) is 0.160. The lowest BCUT2D eigenvalue weighted by molar-refractivity contribution is 0.0884. The van der Waals surface area contributed by atoms with Gasteiger partial charge in [-0.2, -0.15) is 0 Å². The topological polar surface area (TPSA) is 42.0 Å². The van der Waals surface area contributed by atoms with Crippen LogP contribution in [0.3, 0.4) is 0 Å². The standard InChI is InChI=1S/C12H16N2O/c1-9-4-5-10(8-13-9)11(15)12(2)6-3-7-14-12/h4-5,8,14H,3,6-7H2,1-2H3. The maximum atomic E-state index is 12.2. The molecule has 1 unspecified atom stereocenters. The van der Waals surface area contributed by atoms with Crippen LogP contribution in [-0.4, -0.2) is 22.9 Å². The van der Waals surface area contributed by atoms with Crippen LogP contribution in [0.4, 0.5) is 0 Å². The van der Waals surface area contributed by atoms with Gasteiger partial charge in [-0.1, -0.05) is 0 Å². The minimum Gasteiger partial charge on any atom is -0.305 e. The minimum atomic E-state index is -0.378. The molecule has 1 aromatic rings. The first kappa shape index (κ1) is 10.3. The molecule has 1 aliphatic heterocycles. The van der Waals surface area contributed by atoms with Crippen molar-refractivity contribution in [3.63, 3.8) is 0 Å². The van der Waals surface area contributed by atoms with Crippen LogP contribution in [0.1, 0.15) is 35.8 Å². The van der Waals surface area contributed by atoms with Crippen molar-refractivity contribution in [1.29, 1.82) is 0 Å². The fourth-order valence-corrected chi connectivity index (χ4v) is 2.01. The Morgan fingerprint density at radius 1 is 1.53 bits per heavy atom. The quantitative estimate of drug-likeness (QED) is 0.746. The first-order valence-electron chi connectivity index (χ1n) is 5.34. The molecule has 0 spiro atoms. The van der Waals surface area contributed by atoms with Crippen molar-refractivity contribution in [1.82, 2.24) is 10.3 Å². The molecular formula is C12H16N2O. The minimum absolute atomic E-state index is 0.160. The number of aryl methyl sites for hydroxylation is 1. The van der Waals surface area contributed by atoms with Gasteiger partial charge in [0.1, 0.15) is 0 Å². The molecule has 3 nitrogen and oxygen atoms in total. The lowest BCUT2D eigenvalue weighted by Gasteiger charge is -2.22. The lowest BCUT2D eigenvalue weighted by Crippen LogP contribution is -2.44. The fraction of sp³-hybridized carbons (Fsp3) is 0.500. The Morgan fingerprint density at radius 3 is 2.87 bits per heavy atom. The molecule has 2 rings (SSSR count). The number of pyridine rings is 1. The summed E-state index contributed by atoms with van der Waals surface area (Å²) in [7, 11) is 0. The van der Waals surface area contributed by atoms with E-state index in [2.05, 4.69) is 10.3 Å². The predicted molar refractivity (Wildman–Crippen MR) is 58.9 cm³/mol. The monoisotopic (exact) mass is 204 g/mol. The Bertz CT molecular complexity index is 364. The molecule has 1 N–H and O–H groups in total. The van der Waals surface area contributed by atoms with E-state index in [-0.39, 0.29) is 11.3 Å². The fourth-order valence-electron chi connectivity index (χ4n) is 2.01. The summed E-state index contributed by atoms with van der Waals surface area (Å²) in [6.07, 6.45) is 3.66. The maximum absolute atomic E-state index is 12.2. The van der Waals surface area contributed by atoms with E-state index in [9.17, 15) is 4.79 Å². The Kier molecular flexibility index (Phi) is 2.57. The zero-order chi connectivity index (χ0) is 10.9. The third kappa shape index (κ3) is 1.92. The molecule has 1 aromatic heterocycles. The van der Waals surface area contributed by atoms with E-state index in [1.807, 2.05) is 26.0 Å². The van der Waals surface area contributed by atoms with Gasteiger partial charge in [0.05, 0.1) is 5.54 Å². The van der Waals surface area contributed by atoms with Crippen LogP contribution in [0.5, 0.6) is 0 Å². The average Bonchev–Trinajstić information content (AvgIpc) is 2.67. The summed E-state index contributed by atoms with van der Waals surface area (Å²) in [6, 6.07) is 3.74. The van der Waals surface area contributed by atoms with Crippen LogP contribution in [0.25, 0.3) is 0 Å². The molecule has 0 saturated carbocycles. The number of rotatable bonds is 2. The van der Waals surface area contributed by atoms with Crippen LogP contribution in [0, 0.1) is 6.92 Å². The number of Topliss-reactive ketones (excluding diaryl/α,β-unsaturated/α-hetero) is 1. The Hall–Kier alpha value is -1.22. The Morgan fingerprint density at radius 2 is 2.33 bits per heavy atom. The molecular weight excluding hydrogens is 188 g/mol. The summed E-state index contributed by atoms with van der Waals surface area (Å²) < 4.78 is 0. The van der Waals surface area contributed by atoms with Crippen molar-refractivity contribution in [2.45, 2.75) is 32.2 Å². The maximum Gasteiger partial charge on any atom is 0.184 e. The van der Waals surface area contributed by atoms with Gasteiger partial charge in [0.15, 0.2) is 5.78 Å². The summed E-state index contributed by atoms with van der Waals surface area (Å²) in [5.41, 5.74) is 1.27. The third-order valence-electron chi connectivity index (χ3n) is 3.04. The van der Waals surface area contributed by atoms with Gasteiger partial charge in [0.2, 0.25) is 0 Å². The highest BCUT2D eigenvalue weighted by molar-refractivity contribution is 6.02. The molecule has 0 amide bonds. The van der Waals surface area contributed by atoms with Crippen molar-refractivity contribution in [3.05, 3.63) is 29.6 Å². The second kappa shape index (κ2) is 3.74. The molecule has 0 bridgehead atoms. The molecule has 1 saturated heterocycles. The number of nitrogens with one attached hydrogen (secondary N) is 1. The number of hydrogen-bond acceptors (Lipinski definition) is 3. The second-order valence-corrected chi connectivity index (χ2v) is 4.38. The van der Waals surface area contributed by atoms with Crippen LogP contribution in [0.15, 0.2) is 18.3 Å². The molecule has 2 heterocycles. The summed E-state index contributed by atoms with van der Waals surface area (Å²) in [4.78, 5) is 16.3. The Balaban J connectivity index is 2.24. The molecule has 15 heavy (non-hydrogen) atoms. The molecule has 1 aliphatic rings. The molecule has 0 aromatic carbocycles. The normalized spacial score (nSPS) is 25.5. The number of carbonyl (C=O) groups excluding carboxylic acids is 1. The van der Waals surface area contributed by atoms with Crippen LogP contribution in [-0.2, 0) is 0 Å². The number of ketones is 1. The van der Waals surface area contributed by atoms with E-state index in [0.717, 1.165) is 25.1 Å². The van der Waals surface area contributed by atoms with Gasteiger partial charge in [-0.05, 0) is 45.4 Å². The van der Waals surface area contributed by atoms with E-state index < -0.39 is 0 Å². The smallest absolute Gasteiger partial charge is 0.184 e. The van der Waals surface area contributed by atoms with Gasteiger partial charge in [-0.3, -0.25) is 9.78 Å². The largest absolute Gasteiger partial charge is 0.305 e. The van der Waals surface area contributed by atoms with Gasteiger partial charge in [-0.25, -0.2) is 0 Å². The van der Waals surface area contributed by atoms with Crippen molar-refractivity contribution in [3.8, 4) is 0 Å². The summed E-state index contributed by atoms with van der Waals surface area (Å²) in [5, 5.41) is 3.27. The first-order valence-corrected chi connectivity index (χ1v) is 5.34. The average molecular weight is 204 g/mol. The van der Waals surface area contributed by atoms with Crippen molar-refractivity contribution in [2.75, 3.05) is 6.54 Å². The highest BCUT2D eigenvalue weighted by atomic mass is 16.1. The molecule has 80 valence electrons. The van der Waals surface area contributed by atoms with Crippen molar-refractivity contribution >= 4 is 5.78 Å². The molecule has 1 atom stereocenters. The van der Waals surface area contributed by atoms with E-state index in [1.54, 1.807) is 6.20 Å². The van der Waals surface area contributed by atoms with E-state index >= 15 is 0 Å². The number of carbonyl (C=O) groups is 1. The molecule has 3 heteroatoms. The van der Waals surface area contributed by atoms with Gasteiger partial charge in [-0.15, -0.1) is 0 Å². The van der Waals surface area contributed by atoms with E-state index in [0.29, 0.717) is 5.56 Å². The number of aromatic nitrogens is 1. The SMILES string of the molecule is Cc1ccc(C(=O)C2(C)CCCN2)cn1. The third-order valence-corrected chi connectivity index (χ3v) is 3.04. The zero-order valence-corrected chi connectivity index (χ0v) is 9.21. The molecule has 1 fully saturated rings. The first-order chi connectivity index (χ1) is 7.12. The van der Waals surface area contributed by atoms with Crippen LogP contribution >= 0.6 is 0 Å². The van der Waals surface area contributed by atoms with Gasteiger partial charge in [0.25, 0.3) is 0 Å². The van der Waals surface area contributed by atoms with Gasteiger partial charge < -0.3 is 5.32 Å². The Labute approximate surface area is 89.9 Å². The van der Waals surface area contributed by atoms with E-state index in [1.165, 1.54) is 0 Å². The summed E-state index contributed by atoms with van der Waals surface area (Å²) >= 11 is 0. The summed E-state index contributed by atoms with van der Waals surface area (Å²) in [6.45, 7) is 4.83. The highest BCUT2D eigenvalue weighted by Gasteiger charge is 2.36. The van der Waals surface area contributed by atoms with Gasteiger partial charge >= 0.3 is 0 Å². The van der Waals surface area contributed by atoms with E-state index in [4.69, 9.17) is 0 Å². The van der Waals surface area contributed by atoms with Crippen molar-refractivity contribution in [2.24, 2.45) is 0 Å². The lowest BCUT2D eigenvalue weighted by atomic mass is 9.90. The predicted octanol–water partition coefficient (Wildman–Crippen LogP) is 1.71. The van der Waals surface area contributed by atoms with Gasteiger partial charge in [0, 0.05) is 17.5 Å².